The van der Waals surface area contributed by atoms with Gasteiger partial charge >= 0.3 is 6.01 Å². The minimum atomic E-state index is -0.945. The smallest absolute Gasteiger partial charge is 0.319 e. The van der Waals surface area contributed by atoms with Gasteiger partial charge in [-0.3, -0.25) is 15.0 Å². The standard InChI is InChI=1S/C38H38ClF3N8O2S/c39-24-11-22-30(28(42)27(24)21-5-6-25(41)32-26(21)23(13-43)33(44)53-32)46-36(52-18-38-8-2-10-50(38)14-20(40)12-38)47-34(22)48-9-1-7-37(15-48)16-49(17-37)35(51)31-29(45-31)19-3-4-19/h5-6,11,19-20,29,31,45H,1-4,7-10,12,14-18,44H2/t20-,29-,31-,38+/m1/s1. The SMILES string of the molecule is N#Cc1c(N)sc2c(F)ccc(-c3c(Cl)cc4c(N5CCCC6(CN(C(=O)[C@@H]7N[C@@H]7C7CC7)C6)C5)nc(OC[C@@]56CCCN5C[C@H](F)C6)nc4c3F)c12. The lowest BCUT2D eigenvalue weighted by atomic mass is 9.73. The van der Waals surface area contributed by atoms with Gasteiger partial charge in [0.1, 0.15) is 47.0 Å². The number of hydrogen-bond acceptors (Lipinski definition) is 10. The average molecular weight is 763 g/mol. The number of nitrogen functional groups attached to an aromatic ring is 1. The number of ether oxygens (including phenoxy) is 1. The highest BCUT2D eigenvalue weighted by molar-refractivity contribution is 7.23. The van der Waals surface area contributed by atoms with Crippen LogP contribution in [-0.2, 0) is 4.79 Å². The summed E-state index contributed by atoms with van der Waals surface area (Å²) in [6.07, 6.45) is 5.33. The molecule has 6 aliphatic rings. The van der Waals surface area contributed by atoms with Gasteiger partial charge in [0.2, 0.25) is 5.91 Å². The summed E-state index contributed by atoms with van der Waals surface area (Å²) in [6.45, 7) is 3.87. The Balaban J connectivity index is 1.03. The minimum Gasteiger partial charge on any atom is -0.461 e. The van der Waals surface area contributed by atoms with Crippen LogP contribution in [0.4, 0.5) is 24.0 Å². The Morgan fingerprint density at radius 3 is 2.77 bits per heavy atom. The molecule has 0 bridgehead atoms. The van der Waals surface area contributed by atoms with Gasteiger partial charge in [0, 0.05) is 66.9 Å². The summed E-state index contributed by atoms with van der Waals surface area (Å²) in [5, 5.41) is 14.1. The zero-order chi connectivity index (χ0) is 36.4. The first-order valence-electron chi connectivity index (χ1n) is 18.5. The second-order valence-electron chi connectivity index (χ2n) is 16.1. The fraction of sp³-hybridized carbons (Fsp3) is 0.526. The highest BCUT2D eigenvalue weighted by atomic mass is 35.5. The van der Waals surface area contributed by atoms with Gasteiger partial charge in [0.15, 0.2) is 5.82 Å². The molecule has 2 aromatic carbocycles. The van der Waals surface area contributed by atoms with Crippen molar-refractivity contribution in [2.45, 2.75) is 68.7 Å². The van der Waals surface area contributed by atoms with E-state index < -0.39 is 23.3 Å². The molecule has 7 heterocycles. The van der Waals surface area contributed by atoms with Gasteiger partial charge in [0.25, 0.3) is 0 Å². The number of fused-ring (bicyclic) bond motifs is 3. The fourth-order valence-electron chi connectivity index (χ4n) is 9.87. The maximum Gasteiger partial charge on any atom is 0.319 e. The van der Waals surface area contributed by atoms with Crippen LogP contribution >= 0.6 is 22.9 Å². The van der Waals surface area contributed by atoms with Crippen LogP contribution in [0, 0.1) is 34.3 Å². The topological polar surface area (TPSA) is 134 Å². The van der Waals surface area contributed by atoms with Crippen molar-refractivity contribution in [2.75, 3.05) is 56.5 Å². The molecule has 10 nitrogen and oxygen atoms in total. The molecule has 5 saturated heterocycles. The molecule has 1 spiro atoms. The number of thiophene rings is 1. The molecule has 3 N–H and O–H groups in total. The fourth-order valence-corrected chi connectivity index (χ4v) is 11.1. The number of benzene rings is 2. The van der Waals surface area contributed by atoms with E-state index in [1.54, 1.807) is 6.07 Å². The first-order chi connectivity index (χ1) is 25.6. The zero-order valence-electron chi connectivity index (χ0n) is 28.9. The van der Waals surface area contributed by atoms with Crippen molar-refractivity contribution in [3.63, 3.8) is 0 Å². The van der Waals surface area contributed by atoms with Crippen LogP contribution in [0.5, 0.6) is 6.01 Å². The summed E-state index contributed by atoms with van der Waals surface area (Å²) in [5.74, 6) is -0.0558. The maximum atomic E-state index is 17.2. The Morgan fingerprint density at radius 1 is 1.17 bits per heavy atom. The minimum absolute atomic E-state index is 0.0269. The van der Waals surface area contributed by atoms with E-state index in [1.165, 1.54) is 25.0 Å². The summed E-state index contributed by atoms with van der Waals surface area (Å²) < 4.78 is 53.3. The number of hydrogen-bond donors (Lipinski definition) is 2. The largest absolute Gasteiger partial charge is 0.461 e. The van der Waals surface area contributed by atoms with Crippen molar-refractivity contribution in [2.24, 2.45) is 11.3 Å². The third kappa shape index (κ3) is 5.36. The van der Waals surface area contributed by atoms with Gasteiger partial charge in [-0.2, -0.15) is 15.2 Å². The van der Waals surface area contributed by atoms with Gasteiger partial charge in [-0.1, -0.05) is 17.7 Å². The van der Waals surface area contributed by atoms with E-state index in [2.05, 4.69) is 20.1 Å². The lowest BCUT2D eigenvalue weighted by molar-refractivity contribution is -0.143. The molecule has 1 aliphatic carbocycles. The first kappa shape index (κ1) is 33.7. The monoisotopic (exact) mass is 762 g/mol. The van der Waals surface area contributed by atoms with Gasteiger partial charge in [-0.15, -0.1) is 11.3 Å². The van der Waals surface area contributed by atoms with E-state index in [9.17, 15) is 18.8 Å². The van der Waals surface area contributed by atoms with E-state index in [-0.39, 0.29) is 72.3 Å². The van der Waals surface area contributed by atoms with E-state index in [0.29, 0.717) is 62.3 Å². The van der Waals surface area contributed by atoms with Crippen LogP contribution in [0.2, 0.25) is 5.02 Å². The summed E-state index contributed by atoms with van der Waals surface area (Å²) in [4.78, 5) is 29.0. The molecular formula is C38H38ClF3N8O2S. The number of rotatable bonds is 7. The average Bonchev–Trinajstić information content (AvgIpc) is 4.03. The van der Waals surface area contributed by atoms with Crippen molar-refractivity contribution in [3.8, 4) is 23.2 Å². The van der Waals surface area contributed by atoms with Gasteiger partial charge in [0.05, 0.1) is 20.8 Å². The molecule has 0 radical (unpaired) electrons. The Bertz CT molecular complexity index is 2260. The number of halogens is 4. The lowest BCUT2D eigenvalue weighted by Crippen LogP contribution is -2.65. The van der Waals surface area contributed by atoms with E-state index >= 15 is 4.39 Å². The number of nitrogens with one attached hydrogen (secondary N) is 1. The number of nitrogens with two attached hydrogens (primary N) is 1. The molecule has 276 valence electrons. The molecule has 2 aromatic heterocycles. The Labute approximate surface area is 313 Å². The van der Waals surface area contributed by atoms with Gasteiger partial charge < -0.3 is 20.3 Å². The Kier molecular flexibility index (Phi) is 7.65. The molecule has 53 heavy (non-hydrogen) atoms. The van der Waals surface area contributed by atoms with Crippen LogP contribution < -0.4 is 20.7 Å². The second-order valence-corrected chi connectivity index (χ2v) is 17.6. The third-order valence-corrected chi connectivity index (χ3v) is 13.9. The summed E-state index contributed by atoms with van der Waals surface area (Å²) in [7, 11) is 0. The predicted molar refractivity (Wildman–Crippen MR) is 197 cm³/mol. The zero-order valence-corrected chi connectivity index (χ0v) is 30.5. The van der Waals surface area contributed by atoms with Crippen LogP contribution in [0.1, 0.15) is 50.5 Å². The van der Waals surface area contributed by atoms with Crippen molar-refractivity contribution < 1.29 is 22.7 Å². The molecule has 1 saturated carbocycles. The molecule has 4 atom stereocenters. The number of carbonyl (C=O) groups excluding carboxylic acids is 1. The summed E-state index contributed by atoms with van der Waals surface area (Å²) >= 11 is 7.86. The molecule has 0 unspecified atom stereocenters. The molecule has 6 fully saturated rings. The Hall–Kier alpha value is -3.90. The first-order valence-corrected chi connectivity index (χ1v) is 19.7. The van der Waals surface area contributed by atoms with E-state index in [0.717, 1.165) is 43.6 Å². The van der Waals surface area contributed by atoms with E-state index in [1.807, 2.05) is 11.0 Å². The van der Waals surface area contributed by atoms with Crippen molar-refractivity contribution in [1.29, 1.82) is 5.26 Å². The summed E-state index contributed by atoms with van der Waals surface area (Å²) in [6, 6.07) is 6.53. The van der Waals surface area contributed by atoms with Gasteiger partial charge in [-0.25, -0.2) is 13.2 Å². The second kappa shape index (κ2) is 12.1. The predicted octanol–water partition coefficient (Wildman–Crippen LogP) is 6.03. The number of piperidine rings is 1. The van der Waals surface area contributed by atoms with Crippen molar-refractivity contribution >= 4 is 60.7 Å². The highest BCUT2D eigenvalue weighted by Gasteiger charge is 2.56. The number of amides is 1. The lowest BCUT2D eigenvalue weighted by Gasteiger charge is -2.55. The highest BCUT2D eigenvalue weighted by Crippen LogP contribution is 2.48. The number of carbonyl (C=O) groups is 1. The third-order valence-electron chi connectivity index (χ3n) is 12.6. The molecule has 1 amide bonds. The number of nitriles is 1. The van der Waals surface area contributed by atoms with Crippen molar-refractivity contribution in [3.05, 3.63) is 40.4 Å². The Morgan fingerprint density at radius 2 is 1.98 bits per heavy atom. The molecule has 5 aliphatic heterocycles. The quantitative estimate of drug-likeness (QED) is 0.217. The number of likely N-dealkylation sites (tertiary alicyclic amines) is 1. The van der Waals surface area contributed by atoms with Crippen LogP contribution in [0.25, 0.3) is 32.1 Å². The van der Waals surface area contributed by atoms with E-state index in [4.69, 9.17) is 27.1 Å². The van der Waals surface area contributed by atoms with Crippen LogP contribution in [0.3, 0.4) is 0 Å². The normalized spacial score (nSPS) is 27.7. The molecule has 15 heteroatoms. The van der Waals surface area contributed by atoms with Crippen molar-refractivity contribution in [1.82, 2.24) is 25.1 Å². The van der Waals surface area contributed by atoms with Gasteiger partial charge in [-0.05, 0) is 68.7 Å². The summed E-state index contributed by atoms with van der Waals surface area (Å²) in [5.41, 5.74) is 5.72. The number of alkyl halides is 1. The molecule has 4 aromatic rings. The molecule has 10 rings (SSSR count). The number of nitrogens with zero attached hydrogens (tertiary/aromatic N) is 6. The van der Waals surface area contributed by atoms with Crippen LogP contribution in [0.15, 0.2) is 18.2 Å². The number of anilines is 2. The maximum absolute atomic E-state index is 17.2. The number of aromatic nitrogens is 2. The molecular weight excluding hydrogens is 725 g/mol. The van der Waals surface area contributed by atoms with Crippen LogP contribution in [-0.4, -0.2) is 95.3 Å².